The van der Waals surface area contributed by atoms with Crippen LogP contribution in [0.4, 0.5) is 24.5 Å². The maximum absolute atomic E-state index is 13.2. The van der Waals surface area contributed by atoms with Crippen molar-refractivity contribution in [2.45, 2.75) is 6.18 Å². The average molecular weight is 431 g/mol. The highest BCUT2D eigenvalue weighted by molar-refractivity contribution is 6.11. The number of carbonyl (C=O) groups excluding carboxylic acids is 1. The zero-order valence-electron chi connectivity index (χ0n) is 16.7. The van der Waals surface area contributed by atoms with Crippen molar-refractivity contribution in [1.29, 1.82) is 5.26 Å². The molecule has 3 rings (SSSR count). The molecule has 1 amide bonds. The van der Waals surface area contributed by atoms with Crippen molar-refractivity contribution in [2.24, 2.45) is 0 Å². The summed E-state index contributed by atoms with van der Waals surface area (Å²) < 4.78 is 50.1. The Morgan fingerprint density at radius 2 is 1.87 bits per heavy atom. The van der Waals surface area contributed by atoms with E-state index in [-0.39, 0.29) is 11.3 Å². The van der Waals surface area contributed by atoms with Crippen molar-refractivity contribution in [2.75, 3.05) is 43.6 Å². The van der Waals surface area contributed by atoms with E-state index in [1.807, 2.05) is 4.90 Å². The van der Waals surface area contributed by atoms with Gasteiger partial charge in [-0.3, -0.25) is 4.79 Å². The van der Waals surface area contributed by atoms with Gasteiger partial charge in [0, 0.05) is 13.1 Å². The van der Waals surface area contributed by atoms with E-state index < -0.39 is 17.6 Å². The summed E-state index contributed by atoms with van der Waals surface area (Å²) >= 11 is 0. The summed E-state index contributed by atoms with van der Waals surface area (Å²) in [6.07, 6.45) is -3.21. The number of rotatable bonds is 5. The number of nitrogens with one attached hydrogen (secondary N) is 1. The Morgan fingerprint density at radius 1 is 1.19 bits per heavy atom. The molecule has 0 unspecified atom stereocenters. The monoisotopic (exact) mass is 431 g/mol. The number of hydrogen-bond donors (Lipinski definition) is 1. The fraction of sp³-hybridized carbons (Fsp3) is 0.273. The summed E-state index contributed by atoms with van der Waals surface area (Å²) in [4.78, 5) is 14.5. The number of nitriles is 1. The molecule has 0 spiro atoms. The molecule has 1 fully saturated rings. The van der Waals surface area contributed by atoms with Crippen LogP contribution in [0.1, 0.15) is 11.1 Å². The number of carbonyl (C=O) groups is 1. The van der Waals surface area contributed by atoms with E-state index in [4.69, 9.17) is 9.47 Å². The molecule has 1 saturated heterocycles. The molecule has 1 aliphatic rings. The average Bonchev–Trinajstić information content (AvgIpc) is 2.77. The number of methoxy groups -OCH3 is 1. The third kappa shape index (κ3) is 5.55. The molecule has 1 aliphatic heterocycles. The maximum Gasteiger partial charge on any atom is 0.416 e. The number of alkyl halides is 3. The van der Waals surface area contributed by atoms with Gasteiger partial charge in [0.15, 0.2) is 0 Å². The molecule has 2 aromatic carbocycles. The van der Waals surface area contributed by atoms with Gasteiger partial charge in [-0.05, 0) is 42.0 Å². The van der Waals surface area contributed by atoms with Crippen molar-refractivity contribution < 1.29 is 27.4 Å². The summed E-state index contributed by atoms with van der Waals surface area (Å²) in [5, 5.41) is 11.9. The summed E-state index contributed by atoms with van der Waals surface area (Å²) in [6, 6.07) is 11.6. The SMILES string of the molecule is COc1ccc(C=C(C#N)C(=O)Nc2cc(C(F)(F)F)ccc2N2CCOCC2)cc1. The minimum atomic E-state index is -4.57. The predicted octanol–water partition coefficient (Wildman–Crippen LogP) is 4.10. The van der Waals surface area contributed by atoms with Crippen molar-refractivity contribution in [3.63, 3.8) is 0 Å². The lowest BCUT2D eigenvalue weighted by Gasteiger charge is -2.31. The van der Waals surface area contributed by atoms with Gasteiger partial charge < -0.3 is 19.7 Å². The van der Waals surface area contributed by atoms with Gasteiger partial charge in [-0.25, -0.2) is 0 Å². The molecule has 1 N–H and O–H groups in total. The van der Waals surface area contributed by atoms with Crippen LogP contribution in [0.25, 0.3) is 6.08 Å². The molecule has 0 saturated carbocycles. The molecule has 0 atom stereocenters. The Morgan fingerprint density at radius 3 is 2.45 bits per heavy atom. The van der Waals surface area contributed by atoms with Gasteiger partial charge in [0.1, 0.15) is 17.4 Å². The Hall–Kier alpha value is -3.51. The van der Waals surface area contributed by atoms with Gasteiger partial charge in [0.05, 0.1) is 37.3 Å². The molecule has 162 valence electrons. The fourth-order valence-corrected chi connectivity index (χ4v) is 3.10. The fourth-order valence-electron chi connectivity index (χ4n) is 3.10. The largest absolute Gasteiger partial charge is 0.497 e. The van der Waals surface area contributed by atoms with Crippen LogP contribution < -0.4 is 15.0 Å². The normalized spacial score (nSPS) is 14.7. The van der Waals surface area contributed by atoms with Gasteiger partial charge in [0.2, 0.25) is 0 Å². The van der Waals surface area contributed by atoms with Crippen molar-refractivity contribution in [3.8, 4) is 11.8 Å². The third-order valence-corrected chi connectivity index (χ3v) is 4.72. The molecule has 6 nitrogen and oxygen atoms in total. The van der Waals surface area contributed by atoms with Gasteiger partial charge in [0.25, 0.3) is 5.91 Å². The van der Waals surface area contributed by atoms with E-state index in [9.17, 15) is 23.2 Å². The van der Waals surface area contributed by atoms with E-state index in [0.29, 0.717) is 43.3 Å². The number of amides is 1. The molecule has 31 heavy (non-hydrogen) atoms. The van der Waals surface area contributed by atoms with Gasteiger partial charge in [-0.2, -0.15) is 18.4 Å². The molecule has 0 aromatic heterocycles. The number of anilines is 2. The third-order valence-electron chi connectivity index (χ3n) is 4.72. The highest BCUT2D eigenvalue weighted by atomic mass is 19.4. The van der Waals surface area contributed by atoms with Crippen LogP contribution in [0, 0.1) is 11.3 Å². The lowest BCUT2D eigenvalue weighted by Crippen LogP contribution is -2.37. The first-order valence-corrected chi connectivity index (χ1v) is 9.43. The second kappa shape index (κ2) is 9.53. The summed E-state index contributed by atoms with van der Waals surface area (Å²) in [7, 11) is 1.51. The first kappa shape index (κ1) is 22.2. The summed E-state index contributed by atoms with van der Waals surface area (Å²) in [5.74, 6) is -0.189. The van der Waals surface area contributed by atoms with E-state index in [1.54, 1.807) is 30.3 Å². The van der Waals surface area contributed by atoms with Crippen LogP contribution >= 0.6 is 0 Å². The molecule has 1 heterocycles. The molecule has 2 aromatic rings. The summed E-state index contributed by atoms with van der Waals surface area (Å²) in [6.45, 7) is 1.80. The van der Waals surface area contributed by atoms with E-state index in [0.717, 1.165) is 12.1 Å². The number of ether oxygens (including phenoxy) is 2. The zero-order chi connectivity index (χ0) is 22.4. The number of benzene rings is 2. The Kier molecular flexibility index (Phi) is 6.82. The Bertz CT molecular complexity index is 1010. The van der Waals surface area contributed by atoms with Crippen LogP contribution in [0.5, 0.6) is 5.75 Å². The zero-order valence-corrected chi connectivity index (χ0v) is 16.7. The lowest BCUT2D eigenvalue weighted by molar-refractivity contribution is -0.137. The van der Waals surface area contributed by atoms with E-state index >= 15 is 0 Å². The molecule has 0 aliphatic carbocycles. The van der Waals surface area contributed by atoms with E-state index in [1.165, 1.54) is 19.3 Å². The van der Waals surface area contributed by atoms with Crippen LogP contribution in [-0.4, -0.2) is 39.3 Å². The molecular formula is C22H20F3N3O3. The second-order valence-electron chi connectivity index (χ2n) is 6.73. The first-order chi connectivity index (χ1) is 14.8. The van der Waals surface area contributed by atoms with Crippen LogP contribution in [0.15, 0.2) is 48.0 Å². The lowest BCUT2D eigenvalue weighted by atomic mass is 10.1. The first-order valence-electron chi connectivity index (χ1n) is 9.43. The number of nitrogens with zero attached hydrogens (tertiary/aromatic N) is 2. The van der Waals surface area contributed by atoms with Crippen molar-refractivity contribution in [3.05, 3.63) is 59.2 Å². The van der Waals surface area contributed by atoms with E-state index in [2.05, 4.69) is 5.32 Å². The standard InChI is InChI=1S/C22H20F3N3O3/c1-30-18-5-2-15(3-6-18)12-16(14-26)21(29)27-19-13-17(22(23,24)25)4-7-20(19)28-8-10-31-11-9-28/h2-7,12-13H,8-11H2,1H3,(H,27,29). The Labute approximate surface area is 177 Å². The van der Waals surface area contributed by atoms with Crippen molar-refractivity contribution >= 4 is 23.4 Å². The van der Waals surface area contributed by atoms with Crippen LogP contribution in [0.2, 0.25) is 0 Å². The van der Waals surface area contributed by atoms with Crippen LogP contribution in [-0.2, 0) is 15.7 Å². The van der Waals surface area contributed by atoms with Gasteiger partial charge >= 0.3 is 6.18 Å². The maximum atomic E-state index is 13.2. The van der Waals surface area contributed by atoms with Crippen molar-refractivity contribution in [1.82, 2.24) is 0 Å². The van der Waals surface area contributed by atoms with Gasteiger partial charge in [-0.15, -0.1) is 0 Å². The second-order valence-corrected chi connectivity index (χ2v) is 6.73. The molecule has 0 bridgehead atoms. The molecular weight excluding hydrogens is 411 g/mol. The quantitative estimate of drug-likeness (QED) is 0.570. The highest BCUT2D eigenvalue weighted by Crippen LogP contribution is 2.36. The predicted molar refractivity (Wildman–Crippen MR) is 110 cm³/mol. The Balaban J connectivity index is 1.91. The number of halogens is 3. The molecule has 0 radical (unpaired) electrons. The number of hydrogen-bond acceptors (Lipinski definition) is 5. The number of morpholine rings is 1. The molecule has 9 heteroatoms. The minimum absolute atomic E-state index is 0.0161. The summed E-state index contributed by atoms with van der Waals surface area (Å²) in [5.41, 5.74) is -0.137. The van der Waals surface area contributed by atoms with Crippen LogP contribution in [0.3, 0.4) is 0 Å². The topological polar surface area (TPSA) is 74.6 Å². The highest BCUT2D eigenvalue weighted by Gasteiger charge is 2.32. The smallest absolute Gasteiger partial charge is 0.416 e. The van der Waals surface area contributed by atoms with Gasteiger partial charge in [-0.1, -0.05) is 12.1 Å². The minimum Gasteiger partial charge on any atom is -0.497 e.